The standard InChI is InChI=1S/C15H19F3N2O/c16-15(17,18)11-6-8-12(9-7-11)20-14(21)13(19)10-4-2-1-3-5-10/h1-5,11-13H,6-9,19H2,(H,20,21). The van der Waals surface area contributed by atoms with Crippen molar-refractivity contribution in [1.82, 2.24) is 5.32 Å². The van der Waals surface area contributed by atoms with Gasteiger partial charge in [-0.15, -0.1) is 0 Å². The van der Waals surface area contributed by atoms with E-state index in [2.05, 4.69) is 5.32 Å². The summed E-state index contributed by atoms with van der Waals surface area (Å²) in [5, 5.41) is 2.76. The minimum atomic E-state index is -4.13. The number of benzene rings is 1. The zero-order chi connectivity index (χ0) is 15.5. The van der Waals surface area contributed by atoms with Gasteiger partial charge in [-0.05, 0) is 31.2 Å². The number of carbonyl (C=O) groups is 1. The molecule has 1 amide bonds. The van der Waals surface area contributed by atoms with Crippen molar-refractivity contribution in [2.75, 3.05) is 0 Å². The van der Waals surface area contributed by atoms with Gasteiger partial charge < -0.3 is 11.1 Å². The lowest BCUT2D eigenvalue weighted by Crippen LogP contribution is -2.43. The van der Waals surface area contributed by atoms with Crippen molar-refractivity contribution < 1.29 is 18.0 Å². The Kier molecular flexibility index (Phi) is 4.88. The molecule has 1 aliphatic carbocycles. The minimum absolute atomic E-state index is 0.0645. The second-order valence-corrected chi connectivity index (χ2v) is 5.49. The molecule has 0 radical (unpaired) electrons. The van der Waals surface area contributed by atoms with Gasteiger partial charge in [0.2, 0.25) is 5.91 Å². The van der Waals surface area contributed by atoms with E-state index in [0.717, 1.165) is 0 Å². The molecule has 1 atom stereocenters. The van der Waals surface area contributed by atoms with Crippen LogP contribution in [0.1, 0.15) is 37.3 Å². The molecule has 0 heterocycles. The number of halogens is 3. The first kappa shape index (κ1) is 15.8. The van der Waals surface area contributed by atoms with Crippen LogP contribution in [0.15, 0.2) is 30.3 Å². The molecule has 0 aliphatic heterocycles. The molecule has 1 fully saturated rings. The molecule has 0 spiro atoms. The van der Waals surface area contributed by atoms with E-state index in [4.69, 9.17) is 5.73 Å². The highest BCUT2D eigenvalue weighted by Gasteiger charge is 2.41. The van der Waals surface area contributed by atoms with E-state index in [-0.39, 0.29) is 24.8 Å². The fourth-order valence-corrected chi connectivity index (χ4v) is 2.67. The third-order valence-electron chi connectivity index (χ3n) is 3.98. The van der Waals surface area contributed by atoms with Gasteiger partial charge >= 0.3 is 6.18 Å². The van der Waals surface area contributed by atoms with Crippen LogP contribution in [-0.4, -0.2) is 18.1 Å². The van der Waals surface area contributed by atoms with Crippen LogP contribution >= 0.6 is 0 Å². The maximum atomic E-state index is 12.6. The summed E-state index contributed by atoms with van der Waals surface area (Å²) < 4.78 is 37.7. The normalized spacial score (nSPS) is 24.4. The van der Waals surface area contributed by atoms with Crippen LogP contribution in [0.4, 0.5) is 13.2 Å². The first-order valence-corrected chi connectivity index (χ1v) is 7.05. The second kappa shape index (κ2) is 6.47. The SMILES string of the molecule is NC(C(=O)NC1CCC(C(F)(F)F)CC1)c1ccccc1. The Hall–Kier alpha value is -1.56. The summed E-state index contributed by atoms with van der Waals surface area (Å²) in [5.74, 6) is -1.58. The summed E-state index contributed by atoms with van der Waals surface area (Å²) in [5.41, 5.74) is 6.55. The molecule has 1 aliphatic rings. The molecular formula is C15H19F3N2O. The molecule has 1 aromatic carbocycles. The number of amides is 1. The van der Waals surface area contributed by atoms with Crippen molar-refractivity contribution in [3.8, 4) is 0 Å². The predicted octanol–water partition coefficient (Wildman–Crippen LogP) is 2.92. The molecule has 3 nitrogen and oxygen atoms in total. The zero-order valence-electron chi connectivity index (χ0n) is 11.6. The molecule has 1 unspecified atom stereocenters. The van der Waals surface area contributed by atoms with Gasteiger partial charge in [0.1, 0.15) is 6.04 Å². The Morgan fingerprint density at radius 3 is 2.24 bits per heavy atom. The monoisotopic (exact) mass is 300 g/mol. The highest BCUT2D eigenvalue weighted by atomic mass is 19.4. The van der Waals surface area contributed by atoms with Crippen LogP contribution in [0.5, 0.6) is 0 Å². The predicted molar refractivity (Wildman–Crippen MR) is 73.3 cm³/mol. The van der Waals surface area contributed by atoms with E-state index in [9.17, 15) is 18.0 Å². The van der Waals surface area contributed by atoms with Crippen molar-refractivity contribution in [1.29, 1.82) is 0 Å². The number of hydrogen-bond acceptors (Lipinski definition) is 2. The summed E-state index contributed by atoms with van der Waals surface area (Å²) in [6, 6.07) is 7.91. The summed E-state index contributed by atoms with van der Waals surface area (Å²) >= 11 is 0. The highest BCUT2D eigenvalue weighted by Crippen LogP contribution is 2.37. The van der Waals surface area contributed by atoms with Crippen LogP contribution in [0.2, 0.25) is 0 Å². The van der Waals surface area contributed by atoms with E-state index in [1.165, 1.54) is 0 Å². The van der Waals surface area contributed by atoms with Gasteiger partial charge in [0, 0.05) is 6.04 Å². The second-order valence-electron chi connectivity index (χ2n) is 5.49. The summed E-state index contributed by atoms with van der Waals surface area (Å²) in [6.45, 7) is 0. The van der Waals surface area contributed by atoms with Crippen molar-refractivity contribution in [2.24, 2.45) is 11.7 Å². The van der Waals surface area contributed by atoms with Crippen LogP contribution in [0.3, 0.4) is 0 Å². The zero-order valence-corrected chi connectivity index (χ0v) is 11.6. The van der Waals surface area contributed by atoms with Gasteiger partial charge in [0.15, 0.2) is 0 Å². The molecular weight excluding hydrogens is 281 g/mol. The Labute approximate surface area is 121 Å². The van der Waals surface area contributed by atoms with Crippen LogP contribution in [0, 0.1) is 5.92 Å². The van der Waals surface area contributed by atoms with Gasteiger partial charge in [-0.3, -0.25) is 4.79 Å². The van der Waals surface area contributed by atoms with Crippen LogP contribution in [0.25, 0.3) is 0 Å². The van der Waals surface area contributed by atoms with Gasteiger partial charge in [-0.2, -0.15) is 13.2 Å². The Bertz CT molecular complexity index is 468. The molecule has 1 aromatic rings. The lowest BCUT2D eigenvalue weighted by molar-refractivity contribution is -0.182. The fourth-order valence-electron chi connectivity index (χ4n) is 2.67. The largest absolute Gasteiger partial charge is 0.391 e. The third-order valence-corrected chi connectivity index (χ3v) is 3.98. The van der Waals surface area contributed by atoms with Crippen LogP contribution in [-0.2, 0) is 4.79 Å². The van der Waals surface area contributed by atoms with Gasteiger partial charge in [0.25, 0.3) is 0 Å². The van der Waals surface area contributed by atoms with E-state index in [0.29, 0.717) is 18.4 Å². The smallest absolute Gasteiger partial charge is 0.352 e. The average Bonchev–Trinajstić information content (AvgIpc) is 2.47. The lowest BCUT2D eigenvalue weighted by Gasteiger charge is -2.30. The van der Waals surface area contributed by atoms with Crippen molar-refractivity contribution in [3.05, 3.63) is 35.9 Å². The van der Waals surface area contributed by atoms with Gasteiger partial charge in [-0.25, -0.2) is 0 Å². The fraction of sp³-hybridized carbons (Fsp3) is 0.533. The van der Waals surface area contributed by atoms with E-state index in [1.54, 1.807) is 24.3 Å². The van der Waals surface area contributed by atoms with E-state index in [1.807, 2.05) is 6.07 Å². The first-order chi connectivity index (χ1) is 9.88. The number of hydrogen-bond donors (Lipinski definition) is 2. The maximum absolute atomic E-state index is 12.6. The van der Waals surface area contributed by atoms with Crippen LogP contribution < -0.4 is 11.1 Å². The Morgan fingerprint density at radius 2 is 1.71 bits per heavy atom. The molecule has 1 saturated carbocycles. The topological polar surface area (TPSA) is 55.1 Å². The van der Waals surface area contributed by atoms with Gasteiger partial charge in [0.05, 0.1) is 5.92 Å². The number of rotatable bonds is 3. The number of carbonyl (C=O) groups excluding carboxylic acids is 1. The molecule has 116 valence electrons. The number of nitrogens with one attached hydrogen (secondary N) is 1. The number of nitrogens with two attached hydrogens (primary N) is 1. The molecule has 21 heavy (non-hydrogen) atoms. The van der Waals surface area contributed by atoms with E-state index < -0.39 is 18.1 Å². The van der Waals surface area contributed by atoms with Crippen molar-refractivity contribution >= 4 is 5.91 Å². The quantitative estimate of drug-likeness (QED) is 0.902. The minimum Gasteiger partial charge on any atom is -0.352 e. The number of alkyl halides is 3. The Balaban J connectivity index is 1.85. The summed E-state index contributed by atoms with van der Waals surface area (Å²) in [7, 11) is 0. The molecule has 6 heteroatoms. The highest BCUT2D eigenvalue weighted by molar-refractivity contribution is 5.83. The molecule has 0 aromatic heterocycles. The molecule has 2 rings (SSSR count). The maximum Gasteiger partial charge on any atom is 0.391 e. The van der Waals surface area contributed by atoms with Crippen molar-refractivity contribution in [2.45, 2.75) is 43.9 Å². The molecule has 0 bridgehead atoms. The average molecular weight is 300 g/mol. The Morgan fingerprint density at radius 1 is 1.14 bits per heavy atom. The summed E-state index contributed by atoms with van der Waals surface area (Å²) in [4.78, 5) is 12.0. The molecule has 0 saturated heterocycles. The van der Waals surface area contributed by atoms with Crippen molar-refractivity contribution in [3.63, 3.8) is 0 Å². The van der Waals surface area contributed by atoms with Gasteiger partial charge in [-0.1, -0.05) is 30.3 Å². The lowest BCUT2D eigenvalue weighted by atomic mass is 9.85. The summed E-state index contributed by atoms with van der Waals surface area (Å²) in [6.07, 6.45) is -3.31. The third kappa shape index (κ3) is 4.20. The first-order valence-electron chi connectivity index (χ1n) is 7.05. The molecule has 3 N–H and O–H groups in total. The van der Waals surface area contributed by atoms with E-state index >= 15 is 0 Å².